The second-order valence-corrected chi connectivity index (χ2v) is 6.66. The van der Waals surface area contributed by atoms with Crippen molar-refractivity contribution in [3.05, 3.63) is 88.7 Å². The van der Waals surface area contributed by atoms with Crippen molar-refractivity contribution in [3.8, 4) is 0 Å². The zero-order chi connectivity index (χ0) is 20.3. The molecule has 29 heavy (non-hydrogen) atoms. The van der Waals surface area contributed by atoms with Crippen LogP contribution in [0.25, 0.3) is 0 Å². The summed E-state index contributed by atoms with van der Waals surface area (Å²) in [5.74, 6) is -1.41. The third-order valence-electron chi connectivity index (χ3n) is 4.36. The summed E-state index contributed by atoms with van der Waals surface area (Å²) in [6, 6.07) is 15.2. The van der Waals surface area contributed by atoms with Crippen LogP contribution < -0.4 is 0 Å². The monoisotopic (exact) mass is 433 g/mol. The van der Waals surface area contributed by atoms with Crippen LogP contribution in [0.4, 0.5) is 20.2 Å². The van der Waals surface area contributed by atoms with Crippen LogP contribution in [-0.4, -0.2) is 16.4 Å². The molecule has 0 spiro atoms. The molecule has 0 saturated heterocycles. The molecule has 1 heterocycles. The molecule has 1 aromatic heterocycles. The van der Waals surface area contributed by atoms with Gasteiger partial charge >= 0.3 is 0 Å². The van der Waals surface area contributed by atoms with Crippen LogP contribution in [-0.2, 0) is 17.1 Å². The van der Waals surface area contributed by atoms with Crippen LogP contribution in [0.15, 0.2) is 64.6 Å². The minimum Gasteiger partial charge on any atom is -0.251 e. The van der Waals surface area contributed by atoms with Crippen LogP contribution in [0.2, 0.25) is 0 Å². The summed E-state index contributed by atoms with van der Waals surface area (Å²) in [6.07, 6.45) is 0. The summed E-state index contributed by atoms with van der Waals surface area (Å²) in [5, 5.41) is 0. The van der Waals surface area contributed by atoms with Crippen molar-refractivity contribution in [2.45, 2.75) is 27.7 Å². The molecule has 0 amide bonds. The quantitative estimate of drug-likeness (QED) is 0.354. The van der Waals surface area contributed by atoms with Crippen molar-refractivity contribution in [2.24, 2.45) is 9.98 Å². The van der Waals surface area contributed by atoms with Gasteiger partial charge in [-0.05, 0) is 69.2 Å². The topological polar surface area (TPSA) is 37.6 Å². The first-order chi connectivity index (χ1) is 13.3. The smallest absolute Gasteiger partial charge is 0.151 e. The van der Waals surface area contributed by atoms with Crippen molar-refractivity contribution in [3.63, 3.8) is 0 Å². The maximum Gasteiger partial charge on any atom is 0.151 e. The zero-order valence-electron chi connectivity index (χ0n) is 16.6. The van der Waals surface area contributed by atoms with E-state index in [2.05, 4.69) is 9.98 Å². The third kappa shape index (κ3) is 5.43. The summed E-state index contributed by atoms with van der Waals surface area (Å²) in [4.78, 5) is 13.4. The van der Waals surface area contributed by atoms with Gasteiger partial charge in [0.15, 0.2) is 11.6 Å². The molecule has 0 bridgehead atoms. The van der Waals surface area contributed by atoms with Gasteiger partial charge in [0, 0.05) is 17.1 Å². The van der Waals surface area contributed by atoms with Crippen molar-refractivity contribution < 1.29 is 25.8 Å². The first kappa shape index (κ1) is 22.6. The van der Waals surface area contributed by atoms with Gasteiger partial charge in [-0.25, -0.2) is 18.8 Å². The molecule has 3 aromatic rings. The molecule has 150 valence electrons. The molecule has 0 saturated carbocycles. The Bertz CT molecular complexity index is 1070. The van der Waals surface area contributed by atoms with Crippen molar-refractivity contribution >= 4 is 22.8 Å². The number of aryl methyl sites for hydroxylation is 2. The fourth-order valence-corrected chi connectivity index (χ4v) is 2.74. The van der Waals surface area contributed by atoms with Crippen LogP contribution >= 0.6 is 0 Å². The largest absolute Gasteiger partial charge is 0.251 e. The minimum absolute atomic E-state index is 0. The first-order valence-corrected chi connectivity index (χ1v) is 8.95. The normalized spacial score (nSPS) is 11.9. The minimum atomic E-state index is -0.705. The Labute approximate surface area is 180 Å². The van der Waals surface area contributed by atoms with Crippen LogP contribution in [0, 0.1) is 25.5 Å². The van der Waals surface area contributed by atoms with E-state index in [0.29, 0.717) is 17.1 Å². The summed E-state index contributed by atoms with van der Waals surface area (Å²) in [6.45, 7) is 7.59. The Kier molecular flexibility index (Phi) is 7.54. The maximum atomic E-state index is 13.9. The molecule has 0 atom stereocenters. The summed E-state index contributed by atoms with van der Waals surface area (Å²) in [5.41, 5.74) is 5.18. The van der Waals surface area contributed by atoms with E-state index >= 15 is 0 Å². The maximum absolute atomic E-state index is 13.9. The van der Waals surface area contributed by atoms with E-state index in [9.17, 15) is 8.78 Å². The predicted octanol–water partition coefficient (Wildman–Crippen LogP) is 6.26. The average Bonchev–Trinajstić information content (AvgIpc) is 2.67. The predicted molar refractivity (Wildman–Crippen MR) is 110 cm³/mol. The van der Waals surface area contributed by atoms with Gasteiger partial charge in [-0.3, -0.25) is 4.99 Å². The fourth-order valence-electron chi connectivity index (χ4n) is 2.74. The number of rotatable bonds is 4. The third-order valence-corrected chi connectivity index (χ3v) is 4.36. The Hall–Kier alpha value is -2.69. The van der Waals surface area contributed by atoms with Crippen molar-refractivity contribution in [1.29, 1.82) is 0 Å². The molecule has 0 aliphatic rings. The summed E-state index contributed by atoms with van der Waals surface area (Å²) in [7, 11) is 0. The van der Waals surface area contributed by atoms with Gasteiger partial charge < -0.3 is 0 Å². The first-order valence-electron chi connectivity index (χ1n) is 8.95. The van der Waals surface area contributed by atoms with Gasteiger partial charge in [0.05, 0.1) is 28.5 Å². The summed E-state index contributed by atoms with van der Waals surface area (Å²) < 4.78 is 27.7. The van der Waals surface area contributed by atoms with Crippen LogP contribution in [0.5, 0.6) is 0 Å². The number of aliphatic imine (C=N–C) groups is 2. The Balaban J connectivity index is 0.00000300. The van der Waals surface area contributed by atoms with Gasteiger partial charge in [-0.1, -0.05) is 24.3 Å². The molecule has 0 fully saturated rings. The number of hydrogen-bond donors (Lipinski definition) is 0. The van der Waals surface area contributed by atoms with Gasteiger partial charge in [-0.2, -0.15) is 0 Å². The van der Waals surface area contributed by atoms with Crippen molar-refractivity contribution in [1.82, 2.24) is 4.98 Å². The number of pyridine rings is 1. The Morgan fingerprint density at radius 1 is 0.793 bits per heavy atom. The Morgan fingerprint density at radius 2 is 1.34 bits per heavy atom. The standard InChI is InChI=1S/C23H21F2N3.Fe/c1-14-11-12-15(2)22(13-14)26-16(3)20-9-6-10-21(28-20)17(4)27-23-18(24)7-5-8-19(23)25;/h5-13H,1-4H3;. The van der Waals surface area contributed by atoms with E-state index in [1.807, 2.05) is 51.1 Å². The van der Waals surface area contributed by atoms with E-state index in [0.717, 1.165) is 22.5 Å². The molecule has 3 rings (SSSR count). The molecule has 0 unspecified atom stereocenters. The fraction of sp³-hybridized carbons (Fsp3) is 0.174. The van der Waals surface area contributed by atoms with Gasteiger partial charge in [0.2, 0.25) is 0 Å². The molecule has 6 heteroatoms. The van der Waals surface area contributed by atoms with E-state index < -0.39 is 11.6 Å². The Morgan fingerprint density at radius 3 is 1.97 bits per heavy atom. The molecule has 0 aliphatic heterocycles. The van der Waals surface area contributed by atoms with Crippen LogP contribution in [0.3, 0.4) is 0 Å². The number of halogens is 2. The number of hydrogen-bond acceptors (Lipinski definition) is 3. The second-order valence-electron chi connectivity index (χ2n) is 6.66. The van der Waals surface area contributed by atoms with Crippen LogP contribution in [0.1, 0.15) is 36.4 Å². The number of para-hydroxylation sites is 1. The van der Waals surface area contributed by atoms with Crippen molar-refractivity contribution in [2.75, 3.05) is 0 Å². The molecule has 0 radical (unpaired) electrons. The van der Waals surface area contributed by atoms with Gasteiger partial charge in [-0.15, -0.1) is 0 Å². The number of aromatic nitrogens is 1. The van der Waals surface area contributed by atoms with E-state index in [4.69, 9.17) is 4.99 Å². The SMILES string of the molecule is CC(=Nc1cc(C)ccc1C)c1cccc(C(C)=Nc2c(F)cccc2F)n1.[Fe]. The van der Waals surface area contributed by atoms with E-state index in [1.165, 1.54) is 18.2 Å². The van der Waals surface area contributed by atoms with Gasteiger partial charge in [0.25, 0.3) is 0 Å². The molecule has 0 N–H and O–H groups in total. The van der Waals surface area contributed by atoms with E-state index in [-0.39, 0.29) is 22.8 Å². The number of nitrogens with zero attached hydrogens (tertiary/aromatic N) is 3. The zero-order valence-corrected chi connectivity index (χ0v) is 17.8. The second kappa shape index (κ2) is 9.68. The molecular weight excluding hydrogens is 412 g/mol. The number of benzene rings is 2. The molecule has 3 nitrogen and oxygen atoms in total. The summed E-state index contributed by atoms with van der Waals surface area (Å²) >= 11 is 0. The molecule has 0 aliphatic carbocycles. The van der Waals surface area contributed by atoms with E-state index in [1.54, 1.807) is 13.0 Å². The molecular formula is C23H21F2FeN3. The molecule has 2 aromatic carbocycles. The van der Waals surface area contributed by atoms with Gasteiger partial charge in [0.1, 0.15) is 5.69 Å². The average molecular weight is 433 g/mol.